The van der Waals surface area contributed by atoms with Gasteiger partial charge in [0.05, 0.1) is 21.3 Å². The molecule has 2 aromatic carbocycles. The second-order valence-corrected chi connectivity index (χ2v) is 10.6. The van der Waals surface area contributed by atoms with E-state index >= 15 is 0 Å². The molecule has 1 fully saturated rings. The molecular formula is C29H24N8O2S. The number of benzodiazepines with no additional fused rings is 1. The van der Waals surface area contributed by atoms with Gasteiger partial charge in [0.15, 0.2) is 0 Å². The van der Waals surface area contributed by atoms with E-state index in [1.807, 2.05) is 73.9 Å². The fourth-order valence-corrected chi connectivity index (χ4v) is 5.71. The van der Waals surface area contributed by atoms with Crippen LogP contribution in [0.3, 0.4) is 0 Å². The number of para-hydroxylation sites is 1. The highest BCUT2D eigenvalue weighted by Gasteiger charge is 2.31. The van der Waals surface area contributed by atoms with Gasteiger partial charge in [-0.1, -0.05) is 60.6 Å². The first-order valence-electron chi connectivity index (χ1n) is 13.1. The molecule has 0 unspecified atom stereocenters. The molecule has 7 rings (SSSR count). The normalized spacial score (nSPS) is 16.6. The molecule has 1 aliphatic heterocycles. The number of nitrogens with zero attached hydrogens (tertiary/aromatic N) is 6. The highest BCUT2D eigenvalue weighted by molar-refractivity contribution is 7.15. The number of thiazole rings is 1. The number of amides is 1. The number of benzene rings is 2. The fraction of sp³-hybridized carbons (Fsp3) is 0.207. The van der Waals surface area contributed by atoms with E-state index in [0.29, 0.717) is 23.0 Å². The first kappa shape index (κ1) is 24.3. The Morgan fingerprint density at radius 3 is 2.55 bits per heavy atom. The lowest BCUT2D eigenvalue weighted by molar-refractivity contribution is -0.116. The summed E-state index contributed by atoms with van der Waals surface area (Å²) >= 11 is 1.61. The van der Waals surface area contributed by atoms with E-state index < -0.39 is 6.17 Å². The molecule has 2 N–H and O–H groups in total. The summed E-state index contributed by atoms with van der Waals surface area (Å²) in [6.45, 7) is 2.02. The Balaban J connectivity index is 1.22. The number of aliphatic imine (C=N–C) groups is 1. The second-order valence-electron chi connectivity index (χ2n) is 9.58. The zero-order valence-corrected chi connectivity index (χ0v) is 22.4. The molecule has 1 amide bonds. The predicted octanol–water partition coefficient (Wildman–Crippen LogP) is 5.32. The number of carbonyl (C=O) groups is 1. The first-order chi connectivity index (χ1) is 19.7. The van der Waals surface area contributed by atoms with Gasteiger partial charge >= 0.3 is 6.01 Å². The third-order valence-electron chi connectivity index (χ3n) is 6.74. The van der Waals surface area contributed by atoms with Gasteiger partial charge in [0.25, 0.3) is 11.8 Å². The van der Waals surface area contributed by atoms with Crippen molar-refractivity contribution in [3.63, 3.8) is 0 Å². The molecule has 5 aromatic rings. The number of hydrogen-bond donors (Lipinski definition) is 2. The number of anilines is 2. The molecule has 2 aliphatic rings. The van der Waals surface area contributed by atoms with Gasteiger partial charge in [-0.05, 0) is 18.9 Å². The average molecular weight is 549 g/mol. The zero-order chi connectivity index (χ0) is 27.1. The number of nitrogens with one attached hydrogen (secondary N) is 2. The van der Waals surface area contributed by atoms with Gasteiger partial charge < -0.3 is 15.1 Å². The Kier molecular flexibility index (Phi) is 6.12. The van der Waals surface area contributed by atoms with E-state index in [2.05, 4.69) is 30.8 Å². The lowest BCUT2D eigenvalue weighted by Gasteiger charge is -2.11. The Morgan fingerprint density at radius 1 is 1.00 bits per heavy atom. The van der Waals surface area contributed by atoms with Crippen molar-refractivity contribution in [3.05, 3.63) is 88.9 Å². The molecule has 0 bridgehead atoms. The minimum atomic E-state index is -0.997. The third-order valence-corrected chi connectivity index (χ3v) is 8.00. The van der Waals surface area contributed by atoms with Crippen LogP contribution in [0, 0.1) is 0 Å². The highest BCUT2D eigenvalue weighted by atomic mass is 32.1. The lowest BCUT2D eigenvalue weighted by Crippen LogP contribution is -2.32. The molecule has 11 heteroatoms. The minimum Gasteiger partial charge on any atom is -0.402 e. The van der Waals surface area contributed by atoms with Crippen LogP contribution in [0.15, 0.2) is 76.4 Å². The van der Waals surface area contributed by atoms with Crippen molar-refractivity contribution >= 4 is 34.7 Å². The summed E-state index contributed by atoms with van der Waals surface area (Å²) < 4.78 is 6.02. The van der Waals surface area contributed by atoms with E-state index in [1.54, 1.807) is 11.3 Å². The SMILES string of the molecule is CCc1ncc(-c2sc(C3CC3)nc2-c2nnc(N[C@@H]3N=C(c4ccccc4)c4ccccc4NC3=O)o2)cn1. The molecular weight excluding hydrogens is 524 g/mol. The summed E-state index contributed by atoms with van der Waals surface area (Å²) in [4.78, 5) is 32.7. The van der Waals surface area contributed by atoms with Crippen molar-refractivity contribution in [3.8, 4) is 22.0 Å². The number of hydrogen-bond acceptors (Lipinski definition) is 10. The molecule has 0 radical (unpaired) electrons. The second kappa shape index (κ2) is 10.1. The summed E-state index contributed by atoms with van der Waals surface area (Å²) in [6.07, 6.45) is 5.62. The van der Waals surface area contributed by atoms with Crippen LogP contribution in [0.1, 0.15) is 47.6 Å². The summed E-state index contributed by atoms with van der Waals surface area (Å²) in [5.41, 5.74) is 4.52. The van der Waals surface area contributed by atoms with Crippen molar-refractivity contribution in [2.45, 2.75) is 38.3 Å². The average Bonchev–Trinajstić information content (AvgIpc) is 3.62. The number of carbonyl (C=O) groups excluding carboxylic acids is 1. The maximum atomic E-state index is 13.2. The third kappa shape index (κ3) is 4.64. The molecule has 1 aliphatic carbocycles. The molecule has 4 heterocycles. The van der Waals surface area contributed by atoms with Gasteiger partial charge in [0.2, 0.25) is 6.17 Å². The summed E-state index contributed by atoms with van der Waals surface area (Å²) in [5.74, 6) is 1.15. The van der Waals surface area contributed by atoms with Crippen molar-refractivity contribution in [2.24, 2.45) is 4.99 Å². The number of fused-ring (bicyclic) bond motifs is 1. The monoisotopic (exact) mass is 548 g/mol. The zero-order valence-electron chi connectivity index (χ0n) is 21.5. The smallest absolute Gasteiger partial charge is 0.317 e. The van der Waals surface area contributed by atoms with Crippen LogP contribution in [0.4, 0.5) is 11.7 Å². The van der Waals surface area contributed by atoms with Gasteiger partial charge in [-0.3, -0.25) is 4.79 Å². The standard InChI is InChI=1S/C29H24N8O2S/c1-2-21-30-14-18(15-31-21)24-23(34-28(40-24)17-12-13-17)27-36-37-29(39-27)35-25-26(38)32-20-11-7-6-10-19(20)22(33-25)16-8-4-3-5-9-16/h3-11,14-15,17,25H,2,12-13H2,1H3,(H,32,38)(H,35,37)/t25-/m0/s1. The summed E-state index contributed by atoms with van der Waals surface area (Å²) in [6, 6.07) is 17.4. The maximum Gasteiger partial charge on any atom is 0.317 e. The van der Waals surface area contributed by atoms with E-state index in [0.717, 1.165) is 51.7 Å². The number of rotatable bonds is 7. The van der Waals surface area contributed by atoms with Gasteiger partial charge in [-0.15, -0.1) is 16.4 Å². The van der Waals surface area contributed by atoms with Gasteiger partial charge in [-0.25, -0.2) is 19.9 Å². The molecule has 3 aromatic heterocycles. The Labute approximate surface area is 233 Å². The Morgan fingerprint density at radius 2 is 1.77 bits per heavy atom. The van der Waals surface area contributed by atoms with Crippen molar-refractivity contribution < 1.29 is 9.21 Å². The topological polar surface area (TPSA) is 131 Å². The summed E-state index contributed by atoms with van der Waals surface area (Å²) in [7, 11) is 0. The van der Waals surface area contributed by atoms with E-state index in [9.17, 15) is 4.79 Å². The van der Waals surface area contributed by atoms with E-state index in [1.165, 1.54) is 0 Å². The molecule has 1 atom stereocenters. The Hall–Kier alpha value is -4.77. The molecule has 1 saturated carbocycles. The fourth-order valence-electron chi connectivity index (χ4n) is 4.51. The van der Waals surface area contributed by atoms with Gasteiger partial charge in [0.1, 0.15) is 11.5 Å². The number of aryl methyl sites for hydroxylation is 1. The number of aromatic nitrogens is 5. The van der Waals surface area contributed by atoms with Crippen molar-refractivity contribution in [1.82, 2.24) is 25.1 Å². The van der Waals surface area contributed by atoms with Gasteiger partial charge in [-0.2, -0.15) is 0 Å². The van der Waals surface area contributed by atoms with Crippen LogP contribution in [-0.4, -0.2) is 42.9 Å². The van der Waals surface area contributed by atoms with Crippen LogP contribution in [0.5, 0.6) is 0 Å². The Bertz CT molecular complexity index is 1720. The van der Waals surface area contributed by atoms with Crippen LogP contribution < -0.4 is 10.6 Å². The van der Waals surface area contributed by atoms with Crippen LogP contribution in [-0.2, 0) is 11.2 Å². The van der Waals surface area contributed by atoms with Gasteiger partial charge in [0, 0.05) is 41.4 Å². The quantitative estimate of drug-likeness (QED) is 0.279. The maximum absolute atomic E-state index is 13.2. The minimum absolute atomic E-state index is 0.0711. The molecule has 10 nitrogen and oxygen atoms in total. The molecule has 0 spiro atoms. The molecule has 0 saturated heterocycles. The van der Waals surface area contributed by atoms with E-state index in [4.69, 9.17) is 14.4 Å². The predicted molar refractivity (Wildman–Crippen MR) is 152 cm³/mol. The van der Waals surface area contributed by atoms with Crippen molar-refractivity contribution in [1.29, 1.82) is 0 Å². The molecule has 198 valence electrons. The first-order valence-corrected chi connectivity index (χ1v) is 13.9. The van der Waals surface area contributed by atoms with Crippen LogP contribution in [0.2, 0.25) is 0 Å². The largest absolute Gasteiger partial charge is 0.402 e. The highest BCUT2D eigenvalue weighted by Crippen LogP contribution is 2.46. The van der Waals surface area contributed by atoms with E-state index in [-0.39, 0.29) is 17.8 Å². The molecule has 40 heavy (non-hydrogen) atoms. The van der Waals surface area contributed by atoms with Crippen LogP contribution in [0.25, 0.3) is 22.0 Å². The van der Waals surface area contributed by atoms with Crippen molar-refractivity contribution in [2.75, 3.05) is 10.6 Å². The summed E-state index contributed by atoms with van der Waals surface area (Å²) in [5, 5.41) is 15.5. The lowest BCUT2D eigenvalue weighted by atomic mass is 10.0. The van der Waals surface area contributed by atoms with Crippen LogP contribution >= 0.6 is 11.3 Å².